The molecule has 0 amide bonds. The monoisotopic (exact) mass is 309 g/mol. The molecule has 2 heterocycles. The lowest BCUT2D eigenvalue weighted by atomic mass is 9.63. The van der Waals surface area contributed by atoms with Crippen LogP contribution in [0.25, 0.3) is 10.9 Å². The summed E-state index contributed by atoms with van der Waals surface area (Å²) in [5.74, 6) is 1.56. The van der Waals surface area contributed by atoms with Crippen molar-refractivity contribution in [1.29, 1.82) is 0 Å². The second-order valence-corrected chi connectivity index (χ2v) is 8.59. The summed E-state index contributed by atoms with van der Waals surface area (Å²) in [5, 5.41) is 1.56. The highest BCUT2D eigenvalue weighted by atomic mass is 15.0. The van der Waals surface area contributed by atoms with Crippen LogP contribution in [0.4, 0.5) is 0 Å². The van der Waals surface area contributed by atoms with Crippen molar-refractivity contribution < 1.29 is 0 Å². The highest BCUT2D eigenvalue weighted by Crippen LogP contribution is 2.50. The Hall–Kier alpha value is -1.24. The summed E-state index contributed by atoms with van der Waals surface area (Å²) in [6.07, 6.45) is 9.60. The van der Waals surface area contributed by atoms with Crippen molar-refractivity contribution in [3.63, 3.8) is 0 Å². The number of benzene rings is 1. The third-order valence-corrected chi connectivity index (χ3v) is 6.98. The van der Waals surface area contributed by atoms with Gasteiger partial charge in [-0.2, -0.15) is 0 Å². The molecule has 23 heavy (non-hydrogen) atoms. The first-order valence-electron chi connectivity index (χ1n) is 9.70. The van der Waals surface area contributed by atoms with Gasteiger partial charge in [-0.25, -0.2) is 0 Å². The normalized spacial score (nSPS) is 28.3. The Morgan fingerprint density at radius 2 is 1.96 bits per heavy atom. The smallest absolute Gasteiger partial charge is 0.0485 e. The fraction of sp³-hybridized carbons (Fsp3) is 0.636. The molecule has 2 unspecified atom stereocenters. The average molecular weight is 309 g/mol. The van der Waals surface area contributed by atoms with Crippen molar-refractivity contribution in [2.75, 3.05) is 0 Å². The Kier molecular flexibility index (Phi) is 3.78. The van der Waals surface area contributed by atoms with Crippen LogP contribution in [0.15, 0.2) is 24.3 Å². The number of fused-ring (bicyclic) bond motifs is 3. The SMILES string of the molecule is CC(C)C1(C)CCCC(c2c3n(c4ccccc24)CCCC3)C1. The van der Waals surface area contributed by atoms with E-state index < -0.39 is 0 Å². The Morgan fingerprint density at radius 3 is 2.78 bits per heavy atom. The average Bonchev–Trinajstić information content (AvgIpc) is 2.89. The Balaban J connectivity index is 1.82. The molecule has 2 aliphatic rings. The molecule has 1 aliphatic carbocycles. The standard InChI is InChI=1S/C22H31N/c1-16(2)22(3)13-8-9-17(15-22)21-18-10-4-5-11-19(18)23-14-7-6-12-20(21)23/h4-5,10-11,16-17H,6-9,12-15H2,1-3H3. The number of aromatic nitrogens is 1. The minimum absolute atomic E-state index is 0.521. The molecule has 2 atom stereocenters. The molecule has 1 aliphatic heterocycles. The van der Waals surface area contributed by atoms with Crippen molar-refractivity contribution in [3.05, 3.63) is 35.5 Å². The number of para-hydroxylation sites is 1. The van der Waals surface area contributed by atoms with E-state index in [1.54, 1.807) is 16.6 Å². The molecule has 0 radical (unpaired) electrons. The lowest BCUT2D eigenvalue weighted by Crippen LogP contribution is -2.30. The van der Waals surface area contributed by atoms with Crippen LogP contribution in [0.1, 0.15) is 76.5 Å². The molecule has 1 nitrogen and oxygen atoms in total. The van der Waals surface area contributed by atoms with Gasteiger partial charge in [-0.3, -0.25) is 0 Å². The Labute approximate surface area is 141 Å². The molecule has 4 rings (SSSR count). The molecule has 0 bridgehead atoms. The molecule has 1 heteroatoms. The molecule has 1 aromatic heterocycles. The molecular weight excluding hydrogens is 278 g/mol. The summed E-state index contributed by atoms with van der Waals surface area (Å²) in [5.41, 5.74) is 5.42. The van der Waals surface area contributed by atoms with Crippen molar-refractivity contribution >= 4 is 10.9 Å². The van der Waals surface area contributed by atoms with E-state index in [0.717, 1.165) is 11.8 Å². The summed E-state index contributed by atoms with van der Waals surface area (Å²) in [7, 11) is 0. The van der Waals surface area contributed by atoms with Crippen LogP contribution in [0.3, 0.4) is 0 Å². The van der Waals surface area contributed by atoms with Crippen molar-refractivity contribution in [2.45, 2.75) is 78.2 Å². The summed E-state index contributed by atoms with van der Waals surface area (Å²) in [4.78, 5) is 0. The van der Waals surface area contributed by atoms with Gasteiger partial charge in [0.05, 0.1) is 0 Å². The van der Waals surface area contributed by atoms with E-state index in [2.05, 4.69) is 49.6 Å². The van der Waals surface area contributed by atoms with Gasteiger partial charge in [-0.15, -0.1) is 0 Å². The quantitative estimate of drug-likeness (QED) is 0.613. The van der Waals surface area contributed by atoms with Crippen LogP contribution in [0.5, 0.6) is 0 Å². The fourth-order valence-corrected chi connectivity index (χ4v) is 5.22. The number of rotatable bonds is 2. The van der Waals surface area contributed by atoms with Crippen molar-refractivity contribution in [1.82, 2.24) is 4.57 Å². The maximum absolute atomic E-state index is 2.65. The lowest BCUT2D eigenvalue weighted by Gasteiger charge is -2.42. The molecule has 124 valence electrons. The van der Waals surface area contributed by atoms with E-state index in [1.807, 2.05) is 0 Å². The van der Waals surface area contributed by atoms with Gasteiger partial charge in [0.15, 0.2) is 0 Å². The van der Waals surface area contributed by atoms with E-state index in [4.69, 9.17) is 0 Å². The van der Waals surface area contributed by atoms with Gasteiger partial charge in [0.25, 0.3) is 0 Å². The minimum Gasteiger partial charge on any atom is -0.344 e. The molecule has 0 N–H and O–H groups in total. The van der Waals surface area contributed by atoms with Crippen LogP contribution in [0, 0.1) is 11.3 Å². The summed E-state index contributed by atoms with van der Waals surface area (Å²) in [6.45, 7) is 8.62. The number of hydrogen-bond donors (Lipinski definition) is 0. The molecule has 1 aromatic carbocycles. The fourth-order valence-electron chi connectivity index (χ4n) is 5.22. The number of hydrogen-bond acceptors (Lipinski definition) is 0. The van der Waals surface area contributed by atoms with E-state index in [-0.39, 0.29) is 0 Å². The summed E-state index contributed by atoms with van der Waals surface area (Å²) < 4.78 is 2.65. The van der Waals surface area contributed by atoms with Crippen LogP contribution in [-0.2, 0) is 13.0 Å². The number of aryl methyl sites for hydroxylation is 1. The van der Waals surface area contributed by atoms with E-state index in [0.29, 0.717) is 5.41 Å². The van der Waals surface area contributed by atoms with Crippen molar-refractivity contribution in [2.24, 2.45) is 11.3 Å². The second kappa shape index (κ2) is 5.69. The van der Waals surface area contributed by atoms with Gasteiger partial charge >= 0.3 is 0 Å². The first-order valence-corrected chi connectivity index (χ1v) is 9.70. The molecule has 0 saturated heterocycles. The lowest BCUT2D eigenvalue weighted by molar-refractivity contribution is 0.127. The largest absolute Gasteiger partial charge is 0.344 e. The summed E-state index contributed by atoms with van der Waals surface area (Å²) in [6, 6.07) is 9.19. The van der Waals surface area contributed by atoms with E-state index >= 15 is 0 Å². The van der Waals surface area contributed by atoms with Gasteiger partial charge in [-0.05, 0) is 67.4 Å². The molecule has 1 saturated carbocycles. The molecule has 2 aromatic rings. The molecule has 0 spiro atoms. The van der Waals surface area contributed by atoms with Crippen LogP contribution >= 0.6 is 0 Å². The zero-order valence-electron chi connectivity index (χ0n) is 15.1. The van der Waals surface area contributed by atoms with E-state index in [1.165, 1.54) is 57.0 Å². The third-order valence-electron chi connectivity index (χ3n) is 6.98. The van der Waals surface area contributed by atoms with Crippen LogP contribution < -0.4 is 0 Å². The highest BCUT2D eigenvalue weighted by molar-refractivity contribution is 5.86. The van der Waals surface area contributed by atoms with Gasteiger partial charge < -0.3 is 4.57 Å². The summed E-state index contributed by atoms with van der Waals surface area (Å²) >= 11 is 0. The van der Waals surface area contributed by atoms with Gasteiger partial charge in [-0.1, -0.05) is 45.4 Å². The predicted octanol–water partition coefficient (Wildman–Crippen LogP) is 6.30. The van der Waals surface area contributed by atoms with E-state index in [9.17, 15) is 0 Å². The molecular formula is C22H31N. The van der Waals surface area contributed by atoms with Gasteiger partial charge in [0.2, 0.25) is 0 Å². The number of nitrogens with zero attached hydrogens (tertiary/aromatic N) is 1. The first-order chi connectivity index (χ1) is 11.1. The third kappa shape index (κ3) is 2.44. The second-order valence-electron chi connectivity index (χ2n) is 8.59. The Morgan fingerprint density at radius 1 is 1.13 bits per heavy atom. The maximum Gasteiger partial charge on any atom is 0.0485 e. The predicted molar refractivity (Wildman–Crippen MR) is 99.0 cm³/mol. The van der Waals surface area contributed by atoms with Crippen LogP contribution in [-0.4, -0.2) is 4.57 Å². The zero-order chi connectivity index (χ0) is 16.0. The first kappa shape index (κ1) is 15.3. The topological polar surface area (TPSA) is 4.93 Å². The van der Waals surface area contributed by atoms with Crippen molar-refractivity contribution in [3.8, 4) is 0 Å². The maximum atomic E-state index is 2.65. The van der Waals surface area contributed by atoms with Gasteiger partial charge in [0.1, 0.15) is 0 Å². The zero-order valence-corrected chi connectivity index (χ0v) is 15.1. The minimum atomic E-state index is 0.521. The highest BCUT2D eigenvalue weighted by Gasteiger charge is 2.37. The molecule has 1 fully saturated rings. The van der Waals surface area contributed by atoms with Crippen LogP contribution in [0.2, 0.25) is 0 Å². The van der Waals surface area contributed by atoms with Gasteiger partial charge in [0, 0.05) is 23.1 Å². The Bertz CT molecular complexity index is 708.